The van der Waals surface area contributed by atoms with Gasteiger partial charge < -0.3 is 10.8 Å². The van der Waals surface area contributed by atoms with Gasteiger partial charge in [-0.2, -0.15) is 8.42 Å². The fourth-order valence-corrected chi connectivity index (χ4v) is 1.82. The highest BCUT2D eigenvalue weighted by molar-refractivity contribution is 7.86. The van der Waals surface area contributed by atoms with Gasteiger partial charge in [-0.25, -0.2) is 4.79 Å². The number of nitrogen functional groups attached to an aromatic ring is 1. The predicted octanol–water partition coefficient (Wildman–Crippen LogP) is 0.502. The lowest BCUT2D eigenvalue weighted by Crippen LogP contribution is -2.07. The van der Waals surface area contributed by atoms with Crippen LogP contribution in [-0.2, 0) is 10.1 Å². The van der Waals surface area contributed by atoms with Crippen molar-refractivity contribution in [3.63, 3.8) is 0 Å². The number of benzene rings is 1. The molecule has 0 aromatic heterocycles. The summed E-state index contributed by atoms with van der Waals surface area (Å²) in [5, 5.41) is 8.69. The van der Waals surface area contributed by atoms with Gasteiger partial charge in [0.05, 0.1) is 16.1 Å². The maximum absolute atomic E-state index is 10.8. The molecule has 0 saturated carbocycles. The Labute approximate surface area is 90.9 Å². The molecular formula is C7H7NO5S2. The molecule has 8 heteroatoms. The minimum atomic E-state index is -4.47. The van der Waals surface area contributed by atoms with Crippen LogP contribution in [0.2, 0.25) is 0 Å². The van der Waals surface area contributed by atoms with Gasteiger partial charge in [-0.05, 0) is 12.1 Å². The van der Waals surface area contributed by atoms with Crippen molar-refractivity contribution >= 4 is 34.4 Å². The van der Waals surface area contributed by atoms with Gasteiger partial charge in [0.1, 0.15) is 0 Å². The van der Waals surface area contributed by atoms with Crippen LogP contribution >= 0.6 is 12.6 Å². The molecule has 6 nitrogen and oxygen atoms in total. The summed E-state index contributed by atoms with van der Waals surface area (Å²) in [4.78, 5) is 10.1. The first-order valence-corrected chi connectivity index (χ1v) is 5.45. The van der Waals surface area contributed by atoms with Crippen LogP contribution in [0.15, 0.2) is 21.9 Å². The lowest BCUT2D eigenvalue weighted by atomic mass is 10.2. The van der Waals surface area contributed by atoms with E-state index in [0.717, 1.165) is 12.1 Å². The maximum Gasteiger partial charge on any atom is 0.337 e. The summed E-state index contributed by atoms with van der Waals surface area (Å²) in [6.07, 6.45) is 0. The number of hydrogen-bond acceptors (Lipinski definition) is 5. The molecule has 0 atom stereocenters. The van der Waals surface area contributed by atoms with Crippen LogP contribution < -0.4 is 5.73 Å². The summed E-state index contributed by atoms with van der Waals surface area (Å²) in [5.41, 5.74) is 4.79. The van der Waals surface area contributed by atoms with Crippen LogP contribution in [-0.4, -0.2) is 24.0 Å². The summed E-state index contributed by atoms with van der Waals surface area (Å²) >= 11 is 3.80. The van der Waals surface area contributed by atoms with Gasteiger partial charge in [-0.3, -0.25) is 4.55 Å². The van der Waals surface area contributed by atoms with E-state index in [1.165, 1.54) is 0 Å². The van der Waals surface area contributed by atoms with Gasteiger partial charge in [-0.15, -0.1) is 12.6 Å². The molecule has 1 aromatic carbocycles. The van der Waals surface area contributed by atoms with E-state index in [4.69, 9.17) is 15.4 Å². The summed E-state index contributed by atoms with van der Waals surface area (Å²) in [5.74, 6) is -1.40. The first kappa shape index (κ1) is 11.8. The number of nitrogens with two attached hydrogens (primary N) is 1. The second-order valence-corrected chi connectivity index (χ2v) is 4.59. The second kappa shape index (κ2) is 3.72. The lowest BCUT2D eigenvalue weighted by molar-refractivity contribution is 0.0697. The van der Waals surface area contributed by atoms with Crippen LogP contribution in [0.1, 0.15) is 10.4 Å². The van der Waals surface area contributed by atoms with Gasteiger partial charge in [0.25, 0.3) is 10.1 Å². The van der Waals surface area contributed by atoms with Gasteiger partial charge in [0, 0.05) is 4.90 Å². The molecule has 4 N–H and O–H groups in total. The number of aromatic carboxylic acids is 1. The van der Waals surface area contributed by atoms with Crippen molar-refractivity contribution in [1.82, 2.24) is 0 Å². The zero-order valence-corrected chi connectivity index (χ0v) is 8.92. The van der Waals surface area contributed by atoms with Gasteiger partial charge in [0.15, 0.2) is 0 Å². The van der Waals surface area contributed by atoms with E-state index in [1.807, 2.05) is 0 Å². The fourth-order valence-electron chi connectivity index (χ4n) is 0.938. The SMILES string of the molecule is Nc1c(S)cc(S(=O)(=O)O)cc1C(=O)O. The van der Waals surface area contributed by atoms with E-state index in [9.17, 15) is 13.2 Å². The summed E-state index contributed by atoms with van der Waals surface area (Å²) < 4.78 is 30.2. The molecule has 0 heterocycles. The Morgan fingerprint density at radius 3 is 2.33 bits per heavy atom. The third kappa shape index (κ3) is 2.41. The third-order valence-electron chi connectivity index (χ3n) is 1.66. The van der Waals surface area contributed by atoms with Crippen molar-refractivity contribution in [1.29, 1.82) is 0 Å². The summed E-state index contributed by atoms with van der Waals surface area (Å²) in [6.45, 7) is 0. The number of anilines is 1. The van der Waals surface area contributed by atoms with E-state index >= 15 is 0 Å². The van der Waals surface area contributed by atoms with Crippen molar-refractivity contribution in [3.8, 4) is 0 Å². The smallest absolute Gasteiger partial charge is 0.337 e. The van der Waals surface area contributed by atoms with Gasteiger partial charge >= 0.3 is 5.97 Å². The maximum atomic E-state index is 10.8. The molecule has 0 saturated heterocycles. The van der Waals surface area contributed by atoms with Crippen molar-refractivity contribution in [2.24, 2.45) is 0 Å². The van der Waals surface area contributed by atoms with Crippen molar-refractivity contribution in [2.45, 2.75) is 9.79 Å². The first-order chi connectivity index (χ1) is 6.73. The molecule has 0 unspecified atom stereocenters. The van der Waals surface area contributed by atoms with E-state index < -0.39 is 26.5 Å². The quantitative estimate of drug-likeness (QED) is 0.344. The Hall–Kier alpha value is -1.25. The molecule has 0 aliphatic rings. The van der Waals surface area contributed by atoms with Crippen LogP contribution in [0.3, 0.4) is 0 Å². The normalized spacial score (nSPS) is 11.3. The highest BCUT2D eigenvalue weighted by atomic mass is 32.2. The third-order valence-corrected chi connectivity index (χ3v) is 2.86. The molecule has 82 valence electrons. The van der Waals surface area contributed by atoms with Gasteiger partial charge in [-0.1, -0.05) is 0 Å². The average molecular weight is 249 g/mol. The standard InChI is InChI=1S/C7H7NO5S2/c8-6-4(7(9)10)1-3(2-5(6)14)15(11,12)13/h1-2,14H,8H2,(H,9,10)(H,11,12,13). The minimum absolute atomic E-state index is 0.0254. The Kier molecular flexibility index (Phi) is 2.93. The Morgan fingerprint density at radius 1 is 1.40 bits per heavy atom. The average Bonchev–Trinajstić information content (AvgIpc) is 2.06. The largest absolute Gasteiger partial charge is 0.478 e. The zero-order chi connectivity index (χ0) is 11.8. The number of carboxylic acid groups (broad SMARTS) is 1. The Balaban J connectivity index is 3.57. The molecule has 0 aliphatic heterocycles. The summed E-state index contributed by atoms with van der Waals surface area (Å²) in [7, 11) is -4.47. The predicted molar refractivity (Wildman–Crippen MR) is 54.9 cm³/mol. The van der Waals surface area contributed by atoms with Crippen LogP contribution in [0.25, 0.3) is 0 Å². The molecule has 1 aromatic rings. The molecule has 0 amide bonds. The number of carbonyl (C=O) groups is 1. The second-order valence-electron chi connectivity index (χ2n) is 2.68. The number of rotatable bonds is 2. The van der Waals surface area contributed by atoms with Crippen molar-refractivity contribution in [2.75, 3.05) is 5.73 Å². The molecule has 1 rings (SSSR count). The number of carboxylic acids is 1. The van der Waals surface area contributed by atoms with E-state index in [-0.39, 0.29) is 10.6 Å². The van der Waals surface area contributed by atoms with Crippen molar-refractivity contribution < 1.29 is 22.9 Å². The fraction of sp³-hybridized carbons (Fsp3) is 0. The van der Waals surface area contributed by atoms with Gasteiger partial charge in [0.2, 0.25) is 0 Å². The van der Waals surface area contributed by atoms with Crippen LogP contribution in [0.4, 0.5) is 5.69 Å². The molecule has 0 fully saturated rings. The molecule has 0 bridgehead atoms. The van der Waals surface area contributed by atoms with E-state index in [2.05, 4.69) is 12.6 Å². The minimum Gasteiger partial charge on any atom is -0.478 e. The monoisotopic (exact) mass is 249 g/mol. The van der Waals surface area contributed by atoms with Crippen LogP contribution in [0, 0.1) is 0 Å². The lowest BCUT2D eigenvalue weighted by Gasteiger charge is -2.06. The Bertz CT molecular complexity index is 522. The molecule has 0 radical (unpaired) electrons. The van der Waals surface area contributed by atoms with E-state index in [0.29, 0.717) is 0 Å². The molecule has 0 spiro atoms. The van der Waals surface area contributed by atoms with Crippen molar-refractivity contribution in [3.05, 3.63) is 17.7 Å². The zero-order valence-electron chi connectivity index (χ0n) is 7.21. The molecule has 15 heavy (non-hydrogen) atoms. The topological polar surface area (TPSA) is 118 Å². The number of thiol groups is 1. The number of hydrogen-bond donors (Lipinski definition) is 4. The summed E-state index contributed by atoms with van der Waals surface area (Å²) in [6, 6.07) is 1.74. The Morgan fingerprint density at radius 2 is 1.93 bits per heavy atom. The first-order valence-electron chi connectivity index (χ1n) is 3.56. The highest BCUT2D eigenvalue weighted by Gasteiger charge is 2.17. The van der Waals surface area contributed by atoms with E-state index in [1.54, 1.807) is 0 Å². The molecule has 0 aliphatic carbocycles. The highest BCUT2D eigenvalue weighted by Crippen LogP contribution is 2.25. The van der Waals surface area contributed by atoms with Crippen LogP contribution in [0.5, 0.6) is 0 Å². The molecular weight excluding hydrogens is 242 g/mol.